The van der Waals surface area contributed by atoms with E-state index in [1.807, 2.05) is 17.9 Å². The Hall–Kier alpha value is -3.29. The number of halogens is 1. The predicted molar refractivity (Wildman–Crippen MR) is 113 cm³/mol. The Morgan fingerprint density at radius 3 is 2.63 bits per heavy atom. The van der Waals surface area contributed by atoms with Gasteiger partial charge >= 0.3 is 0 Å². The number of carbonyl (C=O) groups is 1. The Kier molecular flexibility index (Phi) is 5.74. The van der Waals surface area contributed by atoms with Gasteiger partial charge in [0.1, 0.15) is 11.3 Å². The molecule has 0 unspecified atom stereocenters. The largest absolute Gasteiger partial charge is 0.352 e. The van der Waals surface area contributed by atoms with Gasteiger partial charge in [-0.3, -0.25) is 14.2 Å². The quantitative estimate of drug-likeness (QED) is 0.700. The first-order valence-corrected chi connectivity index (χ1v) is 10.2. The van der Waals surface area contributed by atoms with Crippen molar-refractivity contribution in [1.82, 2.24) is 19.9 Å². The molecule has 1 aromatic carbocycles. The molecule has 1 fully saturated rings. The van der Waals surface area contributed by atoms with Crippen LogP contribution in [0.1, 0.15) is 25.3 Å². The van der Waals surface area contributed by atoms with E-state index in [4.69, 9.17) is 0 Å². The van der Waals surface area contributed by atoms with Crippen molar-refractivity contribution in [2.45, 2.75) is 32.9 Å². The van der Waals surface area contributed by atoms with Crippen LogP contribution in [0.15, 0.2) is 47.4 Å². The molecule has 0 saturated carbocycles. The van der Waals surface area contributed by atoms with Crippen molar-refractivity contribution < 1.29 is 9.18 Å². The maximum atomic E-state index is 13.0. The Balaban J connectivity index is 1.42. The average Bonchev–Trinajstić information content (AvgIpc) is 2.78. The molecule has 1 aliphatic rings. The number of piperidine rings is 1. The number of aryl methyl sites for hydroxylation is 1. The second-order valence-corrected chi connectivity index (χ2v) is 7.44. The Labute approximate surface area is 173 Å². The van der Waals surface area contributed by atoms with Gasteiger partial charge < -0.3 is 10.2 Å². The SMILES string of the molecule is CCn1c(=O)c(N2CCC(C(=O)NCc3ccc(F)cc3)CC2)nc2cccnc21. The minimum absolute atomic E-state index is 0.0133. The molecule has 7 nitrogen and oxygen atoms in total. The van der Waals surface area contributed by atoms with Gasteiger partial charge in [0.25, 0.3) is 5.56 Å². The average molecular weight is 409 g/mol. The number of nitrogens with zero attached hydrogens (tertiary/aromatic N) is 4. The zero-order valence-electron chi connectivity index (χ0n) is 16.8. The third-order valence-electron chi connectivity index (χ3n) is 5.55. The van der Waals surface area contributed by atoms with Crippen LogP contribution in [0.25, 0.3) is 11.2 Å². The van der Waals surface area contributed by atoms with E-state index in [1.54, 1.807) is 29.0 Å². The van der Waals surface area contributed by atoms with Crippen LogP contribution in [0.3, 0.4) is 0 Å². The van der Waals surface area contributed by atoms with Gasteiger partial charge in [-0.15, -0.1) is 0 Å². The molecule has 1 saturated heterocycles. The lowest BCUT2D eigenvalue weighted by molar-refractivity contribution is -0.125. The number of aromatic nitrogens is 3. The number of hydrogen-bond donors (Lipinski definition) is 1. The molecule has 1 N–H and O–H groups in total. The second kappa shape index (κ2) is 8.61. The Morgan fingerprint density at radius 1 is 1.20 bits per heavy atom. The van der Waals surface area contributed by atoms with Crippen molar-refractivity contribution in [2.75, 3.05) is 18.0 Å². The molecule has 0 aliphatic carbocycles. The van der Waals surface area contributed by atoms with Crippen molar-refractivity contribution in [3.05, 3.63) is 64.3 Å². The molecular weight excluding hydrogens is 385 g/mol. The smallest absolute Gasteiger partial charge is 0.295 e. The van der Waals surface area contributed by atoms with Gasteiger partial charge in [-0.25, -0.2) is 14.4 Å². The molecule has 3 aromatic rings. The van der Waals surface area contributed by atoms with Gasteiger partial charge in [-0.2, -0.15) is 0 Å². The molecule has 156 valence electrons. The number of nitrogens with one attached hydrogen (secondary N) is 1. The fourth-order valence-electron chi connectivity index (χ4n) is 3.85. The molecule has 1 aliphatic heterocycles. The fourth-order valence-corrected chi connectivity index (χ4v) is 3.85. The summed E-state index contributed by atoms with van der Waals surface area (Å²) in [6.07, 6.45) is 2.95. The summed E-state index contributed by atoms with van der Waals surface area (Å²) in [5, 5.41) is 2.93. The number of amides is 1. The summed E-state index contributed by atoms with van der Waals surface area (Å²) in [6.45, 7) is 3.99. The van der Waals surface area contributed by atoms with Gasteiger partial charge in [0.15, 0.2) is 11.5 Å². The van der Waals surface area contributed by atoms with E-state index in [9.17, 15) is 14.0 Å². The van der Waals surface area contributed by atoms with Crippen molar-refractivity contribution in [3.8, 4) is 0 Å². The number of hydrogen-bond acceptors (Lipinski definition) is 5. The Morgan fingerprint density at radius 2 is 1.93 bits per heavy atom. The maximum Gasteiger partial charge on any atom is 0.295 e. The molecule has 4 rings (SSSR count). The van der Waals surface area contributed by atoms with E-state index < -0.39 is 0 Å². The second-order valence-electron chi connectivity index (χ2n) is 7.44. The summed E-state index contributed by atoms with van der Waals surface area (Å²) in [7, 11) is 0. The first-order valence-electron chi connectivity index (χ1n) is 10.2. The summed E-state index contributed by atoms with van der Waals surface area (Å²) in [6, 6.07) is 9.76. The van der Waals surface area contributed by atoms with Crippen molar-refractivity contribution in [2.24, 2.45) is 5.92 Å². The Bertz CT molecular complexity index is 1100. The normalized spacial score (nSPS) is 14.8. The first-order chi connectivity index (χ1) is 14.6. The van der Waals surface area contributed by atoms with Gasteiger partial charge in [0.05, 0.1) is 0 Å². The molecule has 30 heavy (non-hydrogen) atoms. The predicted octanol–water partition coefficient (Wildman–Crippen LogP) is 2.48. The highest BCUT2D eigenvalue weighted by Crippen LogP contribution is 2.21. The minimum Gasteiger partial charge on any atom is -0.352 e. The third-order valence-corrected chi connectivity index (χ3v) is 5.55. The lowest BCUT2D eigenvalue weighted by Gasteiger charge is -2.32. The molecule has 0 atom stereocenters. The molecule has 8 heteroatoms. The molecule has 2 aromatic heterocycles. The maximum absolute atomic E-state index is 13.0. The summed E-state index contributed by atoms with van der Waals surface area (Å²) in [4.78, 5) is 36.3. The summed E-state index contributed by atoms with van der Waals surface area (Å²) < 4.78 is 14.6. The summed E-state index contributed by atoms with van der Waals surface area (Å²) >= 11 is 0. The fraction of sp³-hybridized carbons (Fsp3) is 0.364. The highest BCUT2D eigenvalue weighted by Gasteiger charge is 2.27. The van der Waals surface area contributed by atoms with Crippen molar-refractivity contribution >= 4 is 22.9 Å². The number of benzene rings is 1. The van der Waals surface area contributed by atoms with E-state index in [1.165, 1.54) is 12.1 Å². The number of rotatable bonds is 5. The summed E-state index contributed by atoms with van der Waals surface area (Å²) in [5.74, 6) is -0.00183. The van der Waals surface area contributed by atoms with Crippen LogP contribution < -0.4 is 15.8 Å². The van der Waals surface area contributed by atoms with Crippen molar-refractivity contribution in [3.63, 3.8) is 0 Å². The molecule has 0 bridgehead atoms. The first kappa shape index (κ1) is 20.0. The molecule has 0 radical (unpaired) electrons. The lowest BCUT2D eigenvalue weighted by atomic mass is 9.96. The number of pyridine rings is 1. The number of carbonyl (C=O) groups excluding carboxylic acids is 1. The molecule has 1 amide bonds. The van der Waals surface area contributed by atoms with Crippen LogP contribution in [0, 0.1) is 11.7 Å². The van der Waals surface area contributed by atoms with Gasteiger partial charge in [-0.05, 0) is 49.6 Å². The minimum atomic E-state index is -0.294. The highest BCUT2D eigenvalue weighted by molar-refractivity contribution is 5.79. The standard InChI is InChI=1S/C22H24FN5O2/c1-2-28-19-18(4-3-11-24-19)26-20(22(28)30)27-12-9-16(10-13-27)21(29)25-14-15-5-7-17(23)8-6-15/h3-8,11,16H,2,9-10,12-14H2,1H3,(H,25,29). The molecule has 0 spiro atoms. The third kappa shape index (κ3) is 4.03. The van der Waals surface area contributed by atoms with E-state index >= 15 is 0 Å². The van der Waals surface area contributed by atoms with E-state index in [0.717, 1.165) is 5.56 Å². The van der Waals surface area contributed by atoms with Gasteiger partial charge in [0, 0.05) is 38.3 Å². The van der Waals surface area contributed by atoms with Crippen LogP contribution >= 0.6 is 0 Å². The lowest BCUT2D eigenvalue weighted by Crippen LogP contribution is -2.43. The van der Waals surface area contributed by atoms with E-state index in [2.05, 4.69) is 15.3 Å². The molecular formula is C22H24FN5O2. The van der Waals surface area contributed by atoms with Crippen LogP contribution in [0.5, 0.6) is 0 Å². The van der Waals surface area contributed by atoms with E-state index in [0.29, 0.717) is 56.0 Å². The zero-order chi connectivity index (χ0) is 21.1. The number of fused-ring (bicyclic) bond motifs is 1. The molecule has 3 heterocycles. The zero-order valence-corrected chi connectivity index (χ0v) is 16.8. The van der Waals surface area contributed by atoms with Crippen LogP contribution in [-0.2, 0) is 17.9 Å². The van der Waals surface area contributed by atoms with Crippen LogP contribution in [0.2, 0.25) is 0 Å². The van der Waals surface area contributed by atoms with Crippen molar-refractivity contribution in [1.29, 1.82) is 0 Å². The van der Waals surface area contributed by atoms with Crippen LogP contribution in [0.4, 0.5) is 10.2 Å². The monoisotopic (exact) mass is 409 g/mol. The van der Waals surface area contributed by atoms with E-state index in [-0.39, 0.29) is 23.2 Å². The van der Waals surface area contributed by atoms with Crippen LogP contribution in [-0.4, -0.2) is 33.5 Å². The highest BCUT2D eigenvalue weighted by atomic mass is 19.1. The topological polar surface area (TPSA) is 80.1 Å². The van der Waals surface area contributed by atoms with Gasteiger partial charge in [-0.1, -0.05) is 12.1 Å². The number of anilines is 1. The summed E-state index contributed by atoms with van der Waals surface area (Å²) in [5.41, 5.74) is 1.98. The van der Waals surface area contributed by atoms with Gasteiger partial charge in [0.2, 0.25) is 5.91 Å².